The molecule has 6 aliphatic carbocycles. The van der Waals surface area contributed by atoms with E-state index >= 15 is 0 Å². The maximum absolute atomic E-state index is 14.6. The van der Waals surface area contributed by atoms with Gasteiger partial charge in [0.05, 0.1) is 18.0 Å². The quantitative estimate of drug-likeness (QED) is 0.178. The predicted molar refractivity (Wildman–Crippen MR) is 213 cm³/mol. The molecule has 7 unspecified atom stereocenters. The average Bonchev–Trinajstić information content (AvgIpc) is 3.38. The highest BCUT2D eigenvalue weighted by Crippen LogP contribution is 2.62. The van der Waals surface area contributed by atoms with Gasteiger partial charge in [-0.1, -0.05) is 99.2 Å². The fraction of sp³-hybridized carbons (Fsp3) is 0.543. The Labute approximate surface area is 317 Å². The van der Waals surface area contributed by atoms with E-state index in [0.717, 1.165) is 53.9 Å². The third-order valence-corrected chi connectivity index (χ3v) is 15.7. The molecule has 53 heavy (non-hydrogen) atoms. The summed E-state index contributed by atoms with van der Waals surface area (Å²) in [5, 5.41) is 24.0. The van der Waals surface area contributed by atoms with Gasteiger partial charge in [-0.05, 0) is 129 Å². The first-order valence-corrected chi connectivity index (χ1v) is 21.8. The van der Waals surface area contributed by atoms with Gasteiger partial charge in [-0.2, -0.15) is 4.31 Å². The third kappa shape index (κ3) is 7.36. The Morgan fingerprint density at radius 3 is 2.30 bits per heavy atom. The number of hydrogen-bond acceptors (Lipinski definition) is 5. The number of aliphatic hydroxyl groups excluding tert-OH is 1. The number of nitrogens with zero attached hydrogens (tertiary/aromatic N) is 1. The molecular formula is C46H59NO5S. The van der Waals surface area contributed by atoms with E-state index in [4.69, 9.17) is 0 Å². The van der Waals surface area contributed by atoms with Crippen LogP contribution in [0.1, 0.15) is 118 Å². The summed E-state index contributed by atoms with van der Waals surface area (Å²) >= 11 is 0. The summed E-state index contributed by atoms with van der Waals surface area (Å²) < 4.78 is 28.8. The lowest BCUT2D eigenvalue weighted by molar-refractivity contribution is -0.114. The van der Waals surface area contributed by atoms with Gasteiger partial charge in [-0.25, -0.2) is 8.42 Å². The Bertz CT molecular complexity index is 1950. The Morgan fingerprint density at radius 1 is 0.906 bits per heavy atom. The van der Waals surface area contributed by atoms with E-state index in [0.29, 0.717) is 55.7 Å². The van der Waals surface area contributed by atoms with Crippen LogP contribution in [0.3, 0.4) is 0 Å². The number of hydrogen-bond donors (Lipinski definition) is 2. The molecule has 0 amide bonds. The molecule has 0 saturated heterocycles. The summed E-state index contributed by atoms with van der Waals surface area (Å²) in [5.74, 6) is 1.26. The minimum Gasteiger partial charge on any atom is -0.393 e. The zero-order chi connectivity index (χ0) is 37.8. The fourth-order valence-corrected chi connectivity index (χ4v) is 11.8. The zero-order valence-electron chi connectivity index (χ0n) is 32.4. The van der Waals surface area contributed by atoms with Crippen LogP contribution < -0.4 is 0 Å². The first-order chi connectivity index (χ1) is 25.1. The minimum atomic E-state index is -3.61. The highest BCUT2D eigenvalue weighted by Gasteiger charge is 2.59. The highest BCUT2D eigenvalue weighted by molar-refractivity contribution is 7.88. The zero-order valence-corrected chi connectivity index (χ0v) is 33.2. The maximum Gasteiger partial charge on any atom is 0.211 e. The lowest BCUT2D eigenvalue weighted by Crippen LogP contribution is -2.58. The predicted octanol–water partition coefficient (Wildman–Crippen LogP) is 8.96. The van der Waals surface area contributed by atoms with E-state index in [9.17, 15) is 23.4 Å². The molecule has 284 valence electrons. The van der Waals surface area contributed by atoms with Crippen LogP contribution in [0.5, 0.6) is 0 Å². The molecule has 3 aromatic carbocycles. The number of carbonyl (C=O) groups is 1. The monoisotopic (exact) mass is 737 g/mol. The van der Waals surface area contributed by atoms with Crippen LogP contribution in [0.25, 0.3) is 11.1 Å². The van der Waals surface area contributed by atoms with Crippen molar-refractivity contribution in [1.82, 2.24) is 4.31 Å². The molecule has 0 radical (unpaired) electrons. The topological polar surface area (TPSA) is 94.9 Å². The summed E-state index contributed by atoms with van der Waals surface area (Å²) in [6.07, 6.45) is 10.7. The van der Waals surface area contributed by atoms with Gasteiger partial charge in [0.2, 0.25) is 10.0 Å². The second-order valence-electron chi connectivity index (χ2n) is 18.0. The van der Waals surface area contributed by atoms with Gasteiger partial charge in [0.15, 0.2) is 5.78 Å². The van der Waals surface area contributed by atoms with Crippen molar-refractivity contribution < 1.29 is 23.4 Å². The second kappa shape index (κ2) is 14.5. The van der Waals surface area contributed by atoms with Gasteiger partial charge >= 0.3 is 0 Å². The number of carbonyl (C=O) groups excluding carboxylic acids is 1. The molecule has 9 rings (SSSR count). The van der Waals surface area contributed by atoms with Crippen molar-refractivity contribution in [3.63, 3.8) is 0 Å². The minimum absolute atomic E-state index is 0.0586. The number of rotatable bonds is 8. The Hall–Kier alpha value is -3.10. The molecule has 0 spiro atoms. The summed E-state index contributed by atoms with van der Waals surface area (Å²) in [5.41, 5.74) is 4.57. The molecule has 3 aromatic rings. The SMILES string of the molecule is CC1=CCCC2(C)C(CCC2(O)CN(CC2CCC3CC2C3(C)C)S(C)(=O)=O)c2ccc(cc2C(=O)c2ccc(-c3ccccc3)cc2)CC(O)CC1. The van der Waals surface area contributed by atoms with Gasteiger partial charge in [0.25, 0.3) is 0 Å². The number of benzene rings is 3. The van der Waals surface area contributed by atoms with Crippen LogP contribution in [0.15, 0.2) is 84.4 Å². The molecule has 7 atom stereocenters. The van der Waals surface area contributed by atoms with E-state index in [-0.39, 0.29) is 29.6 Å². The van der Waals surface area contributed by atoms with Crippen LogP contribution in [0.4, 0.5) is 0 Å². The Kier molecular flexibility index (Phi) is 10.5. The van der Waals surface area contributed by atoms with E-state index in [1.807, 2.05) is 54.6 Å². The second-order valence-corrected chi connectivity index (χ2v) is 20.0. The van der Waals surface area contributed by atoms with Gasteiger partial charge in [-0.3, -0.25) is 4.79 Å². The van der Waals surface area contributed by atoms with Crippen molar-refractivity contribution in [1.29, 1.82) is 0 Å². The highest BCUT2D eigenvalue weighted by atomic mass is 32.2. The lowest BCUT2D eigenvalue weighted by Gasteiger charge is -2.60. The van der Waals surface area contributed by atoms with Crippen LogP contribution in [-0.2, 0) is 16.4 Å². The number of fused-ring (bicyclic) bond motifs is 10. The Morgan fingerprint density at radius 2 is 1.62 bits per heavy atom. The molecule has 7 heteroatoms. The van der Waals surface area contributed by atoms with Gasteiger partial charge in [0.1, 0.15) is 0 Å². The summed E-state index contributed by atoms with van der Waals surface area (Å²) in [4.78, 5) is 14.6. The van der Waals surface area contributed by atoms with Crippen molar-refractivity contribution in [2.24, 2.45) is 28.6 Å². The molecule has 2 N–H and O–H groups in total. The number of allylic oxidation sites excluding steroid dienone is 2. The van der Waals surface area contributed by atoms with Gasteiger partial charge in [0, 0.05) is 29.6 Å². The third-order valence-electron chi connectivity index (χ3n) is 14.5. The molecule has 4 saturated carbocycles. The molecule has 0 aromatic heterocycles. The normalized spacial score (nSPS) is 31.3. The molecule has 0 aliphatic heterocycles. The average molecular weight is 738 g/mol. The van der Waals surface area contributed by atoms with Crippen LogP contribution in [-0.4, -0.2) is 59.8 Å². The van der Waals surface area contributed by atoms with Crippen molar-refractivity contribution >= 4 is 15.8 Å². The summed E-state index contributed by atoms with van der Waals surface area (Å²) in [6.45, 7) is 9.43. The largest absolute Gasteiger partial charge is 0.393 e. The van der Waals surface area contributed by atoms with Crippen molar-refractivity contribution in [2.45, 2.75) is 110 Å². The van der Waals surface area contributed by atoms with Gasteiger partial charge < -0.3 is 10.2 Å². The molecule has 0 heterocycles. The molecule has 6 aliphatic rings. The molecular weight excluding hydrogens is 679 g/mol. The summed E-state index contributed by atoms with van der Waals surface area (Å²) in [6, 6.07) is 24.0. The van der Waals surface area contributed by atoms with E-state index in [2.05, 4.69) is 52.0 Å². The van der Waals surface area contributed by atoms with Crippen LogP contribution >= 0.6 is 0 Å². The number of sulfonamides is 1. The molecule has 6 nitrogen and oxygen atoms in total. The van der Waals surface area contributed by atoms with Crippen LogP contribution in [0.2, 0.25) is 0 Å². The van der Waals surface area contributed by atoms with E-state index in [1.165, 1.54) is 18.2 Å². The van der Waals surface area contributed by atoms with Gasteiger partial charge in [-0.15, -0.1) is 0 Å². The summed E-state index contributed by atoms with van der Waals surface area (Å²) in [7, 11) is -3.61. The number of aliphatic hydroxyl groups is 2. The smallest absolute Gasteiger partial charge is 0.211 e. The van der Waals surface area contributed by atoms with E-state index in [1.54, 1.807) is 4.31 Å². The van der Waals surface area contributed by atoms with Crippen molar-refractivity contribution in [3.8, 4) is 11.1 Å². The standard InChI is InChI=1S/C46H59NO5S/c1-31-10-9-24-45(4)41(23-25-46(45,50)30-47(53(5,51)52)29-36-19-20-37-28-42(36)44(37,2)3)39-22-14-32(26-38(48)21-13-31)27-40(39)43(49)35-17-15-34(16-18-35)33-11-7-6-8-12-33/h6-8,10-12,14-18,22,27,36-38,41-42,48,50H,9,13,19-21,23-26,28-30H2,1-5H3. The first kappa shape index (κ1) is 38.2. The first-order valence-electron chi connectivity index (χ1n) is 19.9. The molecule has 4 bridgehead atoms. The van der Waals surface area contributed by atoms with E-state index < -0.39 is 27.1 Å². The van der Waals surface area contributed by atoms with Crippen molar-refractivity contribution in [2.75, 3.05) is 19.3 Å². The van der Waals surface area contributed by atoms with Crippen LogP contribution in [0, 0.1) is 28.6 Å². The molecule has 4 fully saturated rings. The lowest BCUT2D eigenvalue weighted by atomic mass is 9.45. The Balaban J connectivity index is 1.26. The number of ketones is 1. The van der Waals surface area contributed by atoms with Crippen molar-refractivity contribution in [3.05, 3.63) is 107 Å². The fourth-order valence-electron chi connectivity index (χ4n) is 10.8. The maximum atomic E-state index is 14.6.